The number of carbonyl (C=O) groups is 1. The minimum absolute atomic E-state index is 0. The van der Waals surface area contributed by atoms with Crippen molar-refractivity contribution >= 4 is 29.9 Å². The highest BCUT2D eigenvalue weighted by Crippen LogP contribution is 2.37. The zero-order chi connectivity index (χ0) is 39.8. The number of nitrogens with one attached hydrogen (secondary N) is 1. The molecule has 1 amide bonds. The van der Waals surface area contributed by atoms with Gasteiger partial charge in [0.1, 0.15) is 30.3 Å². The van der Waals surface area contributed by atoms with Crippen LogP contribution in [0.3, 0.4) is 0 Å². The Morgan fingerprint density at radius 2 is 1.24 bits per heavy atom. The average molecular weight is 801 g/mol. The molecule has 9 heteroatoms. The van der Waals surface area contributed by atoms with Crippen molar-refractivity contribution in [1.82, 2.24) is 0 Å². The van der Waals surface area contributed by atoms with E-state index in [1.54, 1.807) is 4.90 Å². The number of carbonyl (C=O) groups excluding carboxylic acids is 1. The van der Waals surface area contributed by atoms with Crippen LogP contribution in [-0.2, 0) is 30.8 Å². The molecule has 0 saturated heterocycles. The maximum Gasteiger partial charge on any atom is 0.414 e. The molecule has 2 heterocycles. The van der Waals surface area contributed by atoms with Crippen LogP contribution < -0.4 is 19.7 Å². The molecule has 2 aliphatic heterocycles. The molecule has 0 aromatic heterocycles. The van der Waals surface area contributed by atoms with E-state index in [-0.39, 0.29) is 18.5 Å². The van der Waals surface area contributed by atoms with E-state index in [9.17, 15) is 15.3 Å². The number of ether oxygens (including phenoxy) is 3. The number of nitrogens with zero attached hydrogens (tertiary/aromatic N) is 3. The van der Waals surface area contributed by atoms with Crippen LogP contribution in [0.15, 0.2) is 72.8 Å². The lowest BCUT2D eigenvalue weighted by Crippen LogP contribution is -2.35. The third kappa shape index (κ3) is 10.7. The Balaban J connectivity index is 0.000000198. The molecule has 58 heavy (non-hydrogen) atoms. The van der Waals surface area contributed by atoms with E-state index in [2.05, 4.69) is 53.9 Å². The minimum Gasteiger partial charge on any atom is -0.489 e. The summed E-state index contributed by atoms with van der Waals surface area (Å²) in [5.41, 5.74) is 10.1. The molecule has 2 saturated carbocycles. The largest absolute Gasteiger partial charge is 0.489 e. The number of fused-ring (bicyclic) bond motifs is 2. The number of benzene rings is 4. The molecule has 0 unspecified atom stereocenters. The number of hydrogen-bond acceptors (Lipinski definition) is 7. The maximum atomic E-state index is 12.5. The molecule has 4 aromatic rings. The summed E-state index contributed by atoms with van der Waals surface area (Å²) in [5.74, 6) is 2.74. The van der Waals surface area contributed by atoms with Crippen LogP contribution in [-0.4, -0.2) is 24.8 Å². The zero-order valence-electron chi connectivity index (χ0n) is 34.3. The second-order valence-corrected chi connectivity index (χ2v) is 17.0. The summed E-state index contributed by atoms with van der Waals surface area (Å²) in [5, 5.41) is 22.6. The lowest BCUT2D eigenvalue weighted by Gasteiger charge is -2.24. The molecule has 4 aliphatic rings. The van der Waals surface area contributed by atoms with Crippen LogP contribution in [0.4, 0.5) is 16.2 Å². The molecule has 8 rings (SSSR count). The molecule has 0 atom stereocenters. The summed E-state index contributed by atoms with van der Waals surface area (Å²) < 4.78 is 17.5. The number of hydrogen-bond donors (Lipinski definition) is 1. The standard InChI is InChI=1S/C27H32N2O3.C22H24N2O.ClH/c1-27(2,3)32-26(30)29-14-13-21-16-23(10-12-25(21)29)31-18-19-9-11-24(22(15-19)17-28)20-7-5-4-6-8-20;23-14-19-12-16(6-8-21(19)17-4-2-1-3-5-17)15-25-20-7-9-22-18(13-20)10-11-24-22;/h9-12,15-16,20H,4-8,13-14,18H2,1-3H3;6-9,12-13,17,24H,1-5,10-11,15H2;1H. The van der Waals surface area contributed by atoms with Crippen molar-refractivity contribution in [2.24, 2.45) is 0 Å². The van der Waals surface area contributed by atoms with Crippen molar-refractivity contribution in [3.63, 3.8) is 0 Å². The molecular formula is C49H57ClN4O4. The van der Waals surface area contributed by atoms with Gasteiger partial charge < -0.3 is 19.5 Å². The predicted molar refractivity (Wildman–Crippen MR) is 232 cm³/mol. The summed E-state index contributed by atoms with van der Waals surface area (Å²) in [6.45, 7) is 8.16. The number of anilines is 2. The van der Waals surface area contributed by atoms with E-state index in [0.29, 0.717) is 31.6 Å². The number of nitriles is 2. The van der Waals surface area contributed by atoms with Crippen LogP contribution in [0.5, 0.6) is 11.5 Å². The van der Waals surface area contributed by atoms with Gasteiger partial charge in [0.2, 0.25) is 0 Å². The molecular weight excluding hydrogens is 744 g/mol. The predicted octanol–water partition coefficient (Wildman–Crippen LogP) is 12.1. The van der Waals surface area contributed by atoms with E-state index in [1.165, 1.54) is 86.6 Å². The highest BCUT2D eigenvalue weighted by Gasteiger charge is 2.29. The van der Waals surface area contributed by atoms with Crippen LogP contribution >= 0.6 is 12.4 Å². The van der Waals surface area contributed by atoms with Gasteiger partial charge in [0.05, 0.1) is 29.0 Å². The van der Waals surface area contributed by atoms with Crippen LogP contribution in [0, 0.1) is 22.7 Å². The Hall–Kier alpha value is -5.18. The molecule has 2 fully saturated rings. The highest BCUT2D eigenvalue weighted by molar-refractivity contribution is 5.90. The Morgan fingerprint density at radius 3 is 1.78 bits per heavy atom. The van der Waals surface area contributed by atoms with Crippen molar-refractivity contribution in [1.29, 1.82) is 10.5 Å². The zero-order valence-corrected chi connectivity index (χ0v) is 35.1. The van der Waals surface area contributed by atoms with Gasteiger partial charge in [0, 0.05) is 18.8 Å². The van der Waals surface area contributed by atoms with E-state index < -0.39 is 5.60 Å². The second kappa shape index (κ2) is 19.5. The van der Waals surface area contributed by atoms with E-state index in [0.717, 1.165) is 64.4 Å². The van der Waals surface area contributed by atoms with Crippen LogP contribution in [0.25, 0.3) is 0 Å². The van der Waals surface area contributed by atoms with Gasteiger partial charge in [-0.05, 0) is 153 Å². The minimum atomic E-state index is -0.516. The quantitative estimate of drug-likeness (QED) is 0.189. The highest BCUT2D eigenvalue weighted by atomic mass is 35.5. The molecule has 304 valence electrons. The van der Waals surface area contributed by atoms with Gasteiger partial charge in [-0.15, -0.1) is 12.4 Å². The van der Waals surface area contributed by atoms with Crippen molar-refractivity contribution in [2.45, 2.75) is 128 Å². The third-order valence-corrected chi connectivity index (χ3v) is 11.7. The number of halogens is 1. The van der Waals surface area contributed by atoms with Gasteiger partial charge in [-0.3, -0.25) is 4.90 Å². The molecule has 8 nitrogen and oxygen atoms in total. The lowest BCUT2D eigenvalue weighted by atomic mass is 9.82. The fourth-order valence-corrected chi connectivity index (χ4v) is 8.80. The first kappa shape index (κ1) is 42.4. The number of amides is 1. The summed E-state index contributed by atoms with van der Waals surface area (Å²) in [6, 6.07) is 29.3. The van der Waals surface area contributed by atoms with Crippen LogP contribution in [0.1, 0.15) is 141 Å². The lowest BCUT2D eigenvalue weighted by molar-refractivity contribution is 0.0584. The van der Waals surface area contributed by atoms with Gasteiger partial charge in [-0.1, -0.05) is 62.8 Å². The first-order valence-corrected chi connectivity index (χ1v) is 21.0. The van der Waals surface area contributed by atoms with E-state index in [1.807, 2.05) is 57.2 Å². The third-order valence-electron chi connectivity index (χ3n) is 11.7. The summed E-state index contributed by atoms with van der Waals surface area (Å²) in [6.07, 6.45) is 14.0. The van der Waals surface area contributed by atoms with Gasteiger partial charge in [0.15, 0.2) is 0 Å². The first-order chi connectivity index (χ1) is 27.7. The van der Waals surface area contributed by atoms with Gasteiger partial charge in [-0.2, -0.15) is 10.5 Å². The second-order valence-electron chi connectivity index (χ2n) is 17.0. The van der Waals surface area contributed by atoms with Gasteiger partial charge in [-0.25, -0.2) is 4.79 Å². The van der Waals surface area contributed by atoms with Crippen LogP contribution in [0.2, 0.25) is 0 Å². The molecule has 1 N–H and O–H groups in total. The molecule has 0 spiro atoms. The SMILES string of the molecule is CC(C)(C)OC(=O)N1CCc2cc(OCc3ccc(C4CCCCC4)c(C#N)c3)ccc21.Cl.N#Cc1cc(COc2ccc3c(c2)CCN3)ccc1C1CCCCC1. The maximum absolute atomic E-state index is 12.5. The first-order valence-electron chi connectivity index (χ1n) is 21.0. The fraction of sp³-hybridized carbons (Fsp3) is 0.449. The summed E-state index contributed by atoms with van der Waals surface area (Å²) in [7, 11) is 0. The Kier molecular flexibility index (Phi) is 14.3. The molecule has 0 bridgehead atoms. The van der Waals surface area contributed by atoms with E-state index >= 15 is 0 Å². The topological polar surface area (TPSA) is 108 Å². The summed E-state index contributed by atoms with van der Waals surface area (Å²) >= 11 is 0. The smallest absolute Gasteiger partial charge is 0.414 e. The average Bonchev–Trinajstić information content (AvgIpc) is 3.89. The Labute approximate surface area is 350 Å². The normalized spacial score (nSPS) is 16.3. The Bertz CT molecular complexity index is 2140. The van der Waals surface area contributed by atoms with Crippen molar-refractivity contribution in [3.05, 3.63) is 117 Å². The van der Waals surface area contributed by atoms with Gasteiger partial charge >= 0.3 is 6.09 Å². The number of rotatable bonds is 8. The van der Waals surface area contributed by atoms with Crippen molar-refractivity contribution < 1.29 is 19.0 Å². The Morgan fingerprint density at radius 1 is 0.707 bits per heavy atom. The fourth-order valence-electron chi connectivity index (χ4n) is 8.80. The molecule has 4 aromatic carbocycles. The van der Waals surface area contributed by atoms with E-state index in [4.69, 9.17) is 14.2 Å². The van der Waals surface area contributed by atoms with Gasteiger partial charge in [0.25, 0.3) is 0 Å². The van der Waals surface area contributed by atoms with Crippen molar-refractivity contribution in [3.8, 4) is 23.6 Å². The summed E-state index contributed by atoms with van der Waals surface area (Å²) in [4.78, 5) is 14.2. The van der Waals surface area contributed by atoms with Crippen molar-refractivity contribution in [2.75, 3.05) is 23.3 Å². The molecule has 0 radical (unpaired) electrons. The molecule has 2 aliphatic carbocycles. The monoisotopic (exact) mass is 800 g/mol.